The number of β-amino-alcohol motifs (C(OH)–C–C–N with tert-alkyl or cyclic N) is 1. The van der Waals surface area contributed by atoms with Crippen molar-refractivity contribution in [3.8, 4) is 5.75 Å². The van der Waals surface area contributed by atoms with E-state index in [1.165, 1.54) is 6.20 Å². The van der Waals surface area contributed by atoms with Gasteiger partial charge in [0.15, 0.2) is 0 Å². The highest BCUT2D eigenvalue weighted by Crippen LogP contribution is 2.28. The number of ether oxygens (including phenoxy) is 1. The molecule has 1 saturated heterocycles. The lowest BCUT2D eigenvalue weighted by Crippen LogP contribution is -2.53. The highest BCUT2D eigenvalue weighted by molar-refractivity contribution is 6.32. The van der Waals surface area contributed by atoms with Gasteiger partial charge in [0.05, 0.1) is 6.54 Å². The van der Waals surface area contributed by atoms with Crippen LogP contribution in [0.3, 0.4) is 0 Å². The second-order valence-electron chi connectivity index (χ2n) is 6.68. The van der Waals surface area contributed by atoms with Gasteiger partial charge in [-0.15, -0.1) is 0 Å². The Balaban J connectivity index is 1.66. The molecule has 3 rings (SSSR count). The number of nitrogens with zero attached hydrogens (tertiary/aromatic N) is 2. The first kappa shape index (κ1) is 17.8. The number of likely N-dealkylation sites (tertiary alicyclic amines) is 1. The van der Waals surface area contributed by atoms with Crippen LogP contribution in [0, 0.1) is 13.8 Å². The Labute approximate surface area is 151 Å². The number of amides is 1. The third-order valence-corrected chi connectivity index (χ3v) is 5.09. The number of aromatic nitrogens is 2. The van der Waals surface area contributed by atoms with Gasteiger partial charge in [0.25, 0.3) is 5.91 Å². The molecule has 0 aliphatic carbocycles. The lowest BCUT2D eigenvalue weighted by Gasteiger charge is -2.38. The maximum absolute atomic E-state index is 12.4. The molecule has 0 spiro atoms. The molecular formula is C18H22ClN3O3. The number of aromatic amines is 1. The molecule has 0 saturated carbocycles. The largest absolute Gasteiger partial charge is 0.491 e. The van der Waals surface area contributed by atoms with Gasteiger partial charge < -0.3 is 14.7 Å². The number of benzene rings is 1. The molecule has 7 heteroatoms. The summed E-state index contributed by atoms with van der Waals surface area (Å²) >= 11 is 6.17. The number of carbonyl (C=O) groups excluding carboxylic acids is 1. The summed E-state index contributed by atoms with van der Waals surface area (Å²) in [6.07, 6.45) is 2.85. The Kier molecular flexibility index (Phi) is 5.01. The number of halogens is 1. The lowest BCUT2D eigenvalue weighted by molar-refractivity contribution is -0.0533. The second-order valence-corrected chi connectivity index (χ2v) is 7.06. The topological polar surface area (TPSA) is 78.5 Å². The fraction of sp³-hybridized carbons (Fsp3) is 0.444. The van der Waals surface area contributed by atoms with Gasteiger partial charge >= 0.3 is 0 Å². The van der Waals surface area contributed by atoms with Crippen LogP contribution in [0.15, 0.2) is 24.4 Å². The molecular weight excluding hydrogens is 342 g/mol. The van der Waals surface area contributed by atoms with Crippen LogP contribution in [-0.2, 0) is 0 Å². The second kappa shape index (κ2) is 7.06. The molecule has 1 amide bonds. The highest BCUT2D eigenvalue weighted by atomic mass is 35.5. The maximum atomic E-state index is 12.4. The fourth-order valence-electron chi connectivity index (χ4n) is 3.16. The summed E-state index contributed by atoms with van der Waals surface area (Å²) in [5.74, 6) is 0.513. The smallest absolute Gasteiger partial charge is 0.271 e. The molecule has 0 bridgehead atoms. The molecule has 2 heterocycles. The number of hydrogen-bond acceptors (Lipinski definition) is 4. The molecule has 1 unspecified atom stereocenters. The number of carbonyl (C=O) groups is 1. The van der Waals surface area contributed by atoms with E-state index in [2.05, 4.69) is 10.2 Å². The SMILES string of the molecule is Cc1cc(OCC2(O)CCCN(C(=O)c3ccn[nH]3)C2)cc(C)c1Cl. The molecule has 1 aromatic carbocycles. The monoisotopic (exact) mass is 363 g/mol. The molecule has 1 aromatic heterocycles. The number of piperidine rings is 1. The standard InChI is InChI=1S/C18H22ClN3O3/c1-12-8-14(9-13(2)16(12)19)25-11-18(24)5-3-7-22(10-18)17(23)15-4-6-20-21-15/h4,6,8-9,24H,3,5,7,10-11H2,1-2H3,(H,20,21). The molecule has 2 N–H and O–H groups in total. The summed E-state index contributed by atoms with van der Waals surface area (Å²) in [6.45, 7) is 4.81. The fourth-order valence-corrected chi connectivity index (χ4v) is 3.27. The van der Waals surface area contributed by atoms with E-state index >= 15 is 0 Å². The van der Waals surface area contributed by atoms with Crippen LogP contribution < -0.4 is 4.74 Å². The van der Waals surface area contributed by atoms with Crippen molar-refractivity contribution in [2.24, 2.45) is 0 Å². The number of rotatable bonds is 4. The van der Waals surface area contributed by atoms with Crippen molar-refractivity contribution >= 4 is 17.5 Å². The van der Waals surface area contributed by atoms with Crippen LogP contribution in [0.2, 0.25) is 5.02 Å². The minimum Gasteiger partial charge on any atom is -0.491 e. The zero-order valence-electron chi connectivity index (χ0n) is 14.4. The van der Waals surface area contributed by atoms with E-state index in [1.54, 1.807) is 11.0 Å². The molecule has 1 fully saturated rings. The lowest BCUT2D eigenvalue weighted by atomic mass is 9.93. The predicted octanol–water partition coefficient (Wildman–Crippen LogP) is 2.73. The highest BCUT2D eigenvalue weighted by Gasteiger charge is 2.36. The van der Waals surface area contributed by atoms with E-state index < -0.39 is 5.60 Å². The van der Waals surface area contributed by atoms with Gasteiger partial charge in [-0.25, -0.2) is 0 Å². The van der Waals surface area contributed by atoms with Gasteiger partial charge in [-0.2, -0.15) is 5.10 Å². The number of nitrogens with one attached hydrogen (secondary N) is 1. The van der Waals surface area contributed by atoms with E-state index in [-0.39, 0.29) is 19.1 Å². The van der Waals surface area contributed by atoms with Crippen molar-refractivity contribution in [3.63, 3.8) is 0 Å². The Morgan fingerprint density at radius 2 is 2.16 bits per heavy atom. The van der Waals surface area contributed by atoms with E-state index in [9.17, 15) is 9.90 Å². The average molecular weight is 364 g/mol. The van der Waals surface area contributed by atoms with E-state index in [0.717, 1.165) is 22.6 Å². The van der Waals surface area contributed by atoms with Crippen molar-refractivity contribution in [2.45, 2.75) is 32.3 Å². The van der Waals surface area contributed by atoms with Gasteiger partial charge in [0.2, 0.25) is 0 Å². The third kappa shape index (κ3) is 3.96. The van der Waals surface area contributed by atoms with Crippen molar-refractivity contribution in [2.75, 3.05) is 19.7 Å². The van der Waals surface area contributed by atoms with Gasteiger partial charge in [0.1, 0.15) is 23.7 Å². The molecule has 6 nitrogen and oxygen atoms in total. The molecule has 0 radical (unpaired) electrons. The Morgan fingerprint density at radius 3 is 2.80 bits per heavy atom. The number of aryl methyl sites for hydroxylation is 2. The van der Waals surface area contributed by atoms with Gasteiger partial charge in [-0.1, -0.05) is 11.6 Å². The predicted molar refractivity (Wildman–Crippen MR) is 95.1 cm³/mol. The summed E-state index contributed by atoms with van der Waals surface area (Å²) in [6, 6.07) is 5.34. The van der Waals surface area contributed by atoms with E-state index in [4.69, 9.17) is 16.3 Å². The van der Waals surface area contributed by atoms with Gasteiger partial charge in [-0.3, -0.25) is 9.89 Å². The maximum Gasteiger partial charge on any atom is 0.271 e. The van der Waals surface area contributed by atoms with Crippen molar-refractivity contribution in [1.29, 1.82) is 0 Å². The summed E-state index contributed by atoms with van der Waals surface area (Å²) < 4.78 is 5.82. The summed E-state index contributed by atoms with van der Waals surface area (Å²) in [5.41, 5.74) is 1.22. The minimum absolute atomic E-state index is 0.125. The summed E-state index contributed by atoms with van der Waals surface area (Å²) in [7, 11) is 0. The first-order valence-electron chi connectivity index (χ1n) is 8.28. The van der Waals surface area contributed by atoms with Gasteiger partial charge in [-0.05, 0) is 56.0 Å². The van der Waals surface area contributed by atoms with Crippen molar-refractivity contribution in [3.05, 3.63) is 46.2 Å². The number of hydrogen-bond donors (Lipinski definition) is 2. The molecule has 1 aliphatic heterocycles. The quantitative estimate of drug-likeness (QED) is 0.875. The third-order valence-electron chi connectivity index (χ3n) is 4.49. The average Bonchev–Trinajstić information content (AvgIpc) is 3.12. The van der Waals surface area contributed by atoms with E-state index in [1.807, 2.05) is 26.0 Å². The molecule has 25 heavy (non-hydrogen) atoms. The van der Waals surface area contributed by atoms with Crippen LogP contribution in [0.1, 0.15) is 34.5 Å². The molecule has 1 atom stereocenters. The minimum atomic E-state index is -1.07. The van der Waals surface area contributed by atoms with Crippen molar-refractivity contribution in [1.82, 2.24) is 15.1 Å². The normalized spacial score (nSPS) is 20.6. The number of H-pyrrole nitrogens is 1. The Bertz CT molecular complexity index is 740. The molecule has 134 valence electrons. The zero-order valence-corrected chi connectivity index (χ0v) is 15.1. The van der Waals surface area contributed by atoms with Crippen LogP contribution in [-0.4, -0.2) is 51.4 Å². The van der Waals surface area contributed by atoms with Crippen LogP contribution >= 0.6 is 11.6 Å². The molecule has 2 aromatic rings. The van der Waals surface area contributed by atoms with Gasteiger partial charge in [0, 0.05) is 17.8 Å². The molecule has 1 aliphatic rings. The Hall–Kier alpha value is -2.05. The zero-order chi connectivity index (χ0) is 18.0. The summed E-state index contributed by atoms with van der Waals surface area (Å²) in [4.78, 5) is 14.1. The van der Waals surface area contributed by atoms with E-state index in [0.29, 0.717) is 24.4 Å². The summed E-state index contributed by atoms with van der Waals surface area (Å²) in [5, 5.41) is 18.1. The Morgan fingerprint density at radius 1 is 1.44 bits per heavy atom. The number of aliphatic hydroxyl groups is 1. The first-order chi connectivity index (χ1) is 11.9. The van der Waals surface area contributed by atoms with Crippen molar-refractivity contribution < 1.29 is 14.6 Å². The van der Waals surface area contributed by atoms with Crippen LogP contribution in [0.5, 0.6) is 5.75 Å². The first-order valence-corrected chi connectivity index (χ1v) is 8.66. The van der Waals surface area contributed by atoms with Crippen LogP contribution in [0.4, 0.5) is 0 Å². The van der Waals surface area contributed by atoms with Crippen LogP contribution in [0.25, 0.3) is 0 Å².